The molecule has 126 valence electrons. The van der Waals surface area contributed by atoms with Gasteiger partial charge in [0.25, 0.3) is 5.91 Å². The van der Waals surface area contributed by atoms with Crippen LogP contribution in [0.3, 0.4) is 0 Å². The average Bonchev–Trinajstić information content (AvgIpc) is 2.55. The van der Waals surface area contributed by atoms with E-state index in [-0.39, 0.29) is 10.6 Å². The molecule has 0 aliphatic carbocycles. The van der Waals surface area contributed by atoms with Crippen molar-refractivity contribution in [1.29, 1.82) is 0 Å². The molecular formula is C18H19ClFN3O. The van der Waals surface area contributed by atoms with Crippen molar-refractivity contribution < 1.29 is 9.18 Å². The number of carbonyl (C=O) groups excluding carboxylic acids is 1. The molecule has 1 unspecified atom stereocenters. The van der Waals surface area contributed by atoms with Crippen molar-refractivity contribution in [2.24, 2.45) is 5.92 Å². The predicted molar refractivity (Wildman–Crippen MR) is 94.2 cm³/mol. The van der Waals surface area contributed by atoms with E-state index >= 15 is 0 Å². The van der Waals surface area contributed by atoms with Gasteiger partial charge in [0.05, 0.1) is 22.5 Å². The van der Waals surface area contributed by atoms with E-state index in [1.54, 1.807) is 12.3 Å². The number of carbonyl (C=O) groups is 1. The molecule has 6 heteroatoms. The minimum Gasteiger partial charge on any atom is -0.356 e. The van der Waals surface area contributed by atoms with Crippen LogP contribution >= 0.6 is 11.6 Å². The summed E-state index contributed by atoms with van der Waals surface area (Å²) in [5, 5.41) is 2.72. The molecule has 1 aliphatic rings. The van der Waals surface area contributed by atoms with Crippen molar-refractivity contribution in [2.45, 2.75) is 19.8 Å². The number of pyridine rings is 1. The number of nitrogens with one attached hydrogen (secondary N) is 1. The Bertz CT molecular complexity index is 715. The number of benzene rings is 1. The molecule has 1 N–H and O–H groups in total. The quantitative estimate of drug-likeness (QED) is 0.897. The Balaban J connectivity index is 1.71. The van der Waals surface area contributed by atoms with Crippen LogP contribution in [-0.2, 0) is 0 Å². The Labute approximate surface area is 145 Å². The van der Waals surface area contributed by atoms with Gasteiger partial charge in [-0.15, -0.1) is 0 Å². The molecule has 24 heavy (non-hydrogen) atoms. The molecule has 1 atom stereocenters. The van der Waals surface area contributed by atoms with Crippen molar-refractivity contribution in [3.05, 3.63) is 52.9 Å². The van der Waals surface area contributed by atoms with Crippen LogP contribution < -0.4 is 10.2 Å². The highest BCUT2D eigenvalue weighted by Gasteiger charge is 2.18. The maximum atomic E-state index is 13.8. The third-order valence-electron chi connectivity index (χ3n) is 4.18. The Morgan fingerprint density at radius 2 is 2.21 bits per heavy atom. The molecule has 1 amide bonds. The first kappa shape index (κ1) is 16.7. The summed E-state index contributed by atoms with van der Waals surface area (Å²) in [5.41, 5.74) is 0.348. The van der Waals surface area contributed by atoms with Crippen LogP contribution in [-0.4, -0.2) is 24.0 Å². The summed E-state index contributed by atoms with van der Waals surface area (Å²) in [4.78, 5) is 18.9. The molecule has 3 rings (SSSR count). The second-order valence-electron chi connectivity index (χ2n) is 6.15. The summed E-state index contributed by atoms with van der Waals surface area (Å²) in [6.45, 7) is 4.22. The number of anilines is 2. The number of nitrogens with zero attached hydrogens (tertiary/aromatic N) is 2. The molecule has 1 fully saturated rings. The van der Waals surface area contributed by atoms with Gasteiger partial charge in [0.1, 0.15) is 11.6 Å². The molecular weight excluding hydrogens is 329 g/mol. The van der Waals surface area contributed by atoms with Crippen LogP contribution in [0.15, 0.2) is 36.5 Å². The molecule has 2 heterocycles. The van der Waals surface area contributed by atoms with Gasteiger partial charge in [0.2, 0.25) is 0 Å². The molecule has 0 spiro atoms. The van der Waals surface area contributed by atoms with Gasteiger partial charge in [-0.05, 0) is 43.0 Å². The van der Waals surface area contributed by atoms with Crippen LogP contribution in [0.25, 0.3) is 0 Å². The Hall–Kier alpha value is -2.14. The number of hydrogen-bond acceptors (Lipinski definition) is 3. The Morgan fingerprint density at radius 3 is 2.88 bits per heavy atom. The molecule has 0 bridgehead atoms. The second-order valence-corrected chi connectivity index (χ2v) is 6.56. The smallest absolute Gasteiger partial charge is 0.260 e. The number of hydrogen-bond donors (Lipinski definition) is 1. The lowest BCUT2D eigenvalue weighted by Crippen LogP contribution is -2.34. The van der Waals surface area contributed by atoms with Gasteiger partial charge in [-0.3, -0.25) is 4.79 Å². The molecule has 1 aromatic heterocycles. The first-order valence-corrected chi connectivity index (χ1v) is 8.39. The lowest BCUT2D eigenvalue weighted by atomic mass is 10.0. The van der Waals surface area contributed by atoms with Crippen LogP contribution in [0.2, 0.25) is 5.02 Å². The minimum atomic E-state index is -0.646. The van der Waals surface area contributed by atoms with E-state index in [2.05, 4.69) is 22.1 Å². The van der Waals surface area contributed by atoms with Gasteiger partial charge in [-0.25, -0.2) is 9.37 Å². The number of piperidine rings is 1. The Kier molecular flexibility index (Phi) is 5.00. The summed E-state index contributed by atoms with van der Waals surface area (Å²) in [5.74, 6) is 0.317. The highest BCUT2D eigenvalue weighted by molar-refractivity contribution is 6.34. The predicted octanol–water partition coefficient (Wildman–Crippen LogP) is 4.36. The molecule has 1 aromatic carbocycles. The molecule has 1 saturated heterocycles. The van der Waals surface area contributed by atoms with Gasteiger partial charge in [0, 0.05) is 13.1 Å². The summed E-state index contributed by atoms with van der Waals surface area (Å²) in [6, 6.07) is 7.80. The standard InChI is InChI=1S/C18H19ClFN3O/c1-12-4-3-9-23(11-12)16-8-7-13(10-21-16)22-18(24)17-14(19)5-2-6-15(17)20/h2,5-8,10,12H,3-4,9,11H2,1H3,(H,22,24). The molecule has 4 nitrogen and oxygen atoms in total. The van der Waals surface area contributed by atoms with Gasteiger partial charge in [0.15, 0.2) is 0 Å². The second kappa shape index (κ2) is 7.18. The van der Waals surface area contributed by atoms with E-state index < -0.39 is 11.7 Å². The number of aromatic nitrogens is 1. The van der Waals surface area contributed by atoms with E-state index in [0.717, 1.165) is 25.3 Å². The SMILES string of the molecule is CC1CCCN(c2ccc(NC(=O)c3c(F)cccc3Cl)cn2)C1. The zero-order valence-electron chi connectivity index (χ0n) is 13.4. The Morgan fingerprint density at radius 1 is 1.38 bits per heavy atom. The molecule has 2 aromatic rings. The average molecular weight is 348 g/mol. The summed E-state index contributed by atoms with van der Waals surface area (Å²) < 4.78 is 13.8. The van der Waals surface area contributed by atoms with Crippen molar-refractivity contribution >= 4 is 29.0 Å². The maximum Gasteiger partial charge on any atom is 0.260 e. The van der Waals surface area contributed by atoms with Crippen molar-refractivity contribution in [1.82, 2.24) is 4.98 Å². The fourth-order valence-corrected chi connectivity index (χ4v) is 3.20. The zero-order valence-corrected chi connectivity index (χ0v) is 14.2. The first-order chi connectivity index (χ1) is 11.5. The largest absolute Gasteiger partial charge is 0.356 e. The summed E-state index contributed by atoms with van der Waals surface area (Å²) >= 11 is 5.91. The highest BCUT2D eigenvalue weighted by Crippen LogP contribution is 2.23. The highest BCUT2D eigenvalue weighted by atomic mass is 35.5. The van der Waals surface area contributed by atoms with Gasteiger partial charge < -0.3 is 10.2 Å². The third kappa shape index (κ3) is 3.67. The van der Waals surface area contributed by atoms with E-state index in [9.17, 15) is 9.18 Å². The lowest BCUT2D eigenvalue weighted by Gasteiger charge is -2.31. The van der Waals surface area contributed by atoms with Crippen LogP contribution in [0.4, 0.5) is 15.9 Å². The van der Waals surface area contributed by atoms with Crippen molar-refractivity contribution in [3.63, 3.8) is 0 Å². The van der Waals surface area contributed by atoms with Crippen LogP contribution in [0.1, 0.15) is 30.1 Å². The minimum absolute atomic E-state index is 0.0828. The molecule has 0 radical (unpaired) electrons. The fraction of sp³-hybridized carbons (Fsp3) is 0.333. The van der Waals surface area contributed by atoms with Crippen molar-refractivity contribution in [2.75, 3.05) is 23.3 Å². The number of halogens is 2. The van der Waals surface area contributed by atoms with E-state index in [1.165, 1.54) is 24.6 Å². The van der Waals surface area contributed by atoms with Crippen LogP contribution in [0.5, 0.6) is 0 Å². The summed E-state index contributed by atoms with van der Waals surface area (Å²) in [7, 11) is 0. The monoisotopic (exact) mass is 347 g/mol. The van der Waals surface area contributed by atoms with E-state index in [0.29, 0.717) is 11.6 Å². The van der Waals surface area contributed by atoms with Gasteiger partial charge in [-0.2, -0.15) is 0 Å². The fourth-order valence-electron chi connectivity index (χ4n) is 2.95. The van der Waals surface area contributed by atoms with Crippen molar-refractivity contribution in [3.8, 4) is 0 Å². The number of rotatable bonds is 3. The molecule has 0 saturated carbocycles. The van der Waals surface area contributed by atoms with Crippen LogP contribution in [0, 0.1) is 11.7 Å². The topological polar surface area (TPSA) is 45.2 Å². The molecule has 1 aliphatic heterocycles. The zero-order chi connectivity index (χ0) is 17.1. The third-order valence-corrected chi connectivity index (χ3v) is 4.49. The lowest BCUT2D eigenvalue weighted by molar-refractivity contribution is 0.102. The van der Waals surface area contributed by atoms with E-state index in [1.807, 2.05) is 6.07 Å². The van der Waals surface area contributed by atoms with E-state index in [4.69, 9.17) is 11.6 Å². The first-order valence-electron chi connectivity index (χ1n) is 8.01. The number of amides is 1. The van der Waals surface area contributed by atoms with Gasteiger partial charge >= 0.3 is 0 Å². The maximum absolute atomic E-state index is 13.8. The normalized spacial score (nSPS) is 17.6. The summed E-state index contributed by atoms with van der Waals surface area (Å²) in [6.07, 6.45) is 3.99. The van der Waals surface area contributed by atoms with Gasteiger partial charge in [-0.1, -0.05) is 24.6 Å².